The predicted octanol–water partition coefficient (Wildman–Crippen LogP) is 4.59. The van der Waals surface area contributed by atoms with Gasteiger partial charge >= 0.3 is 0 Å². The predicted molar refractivity (Wildman–Crippen MR) is 104 cm³/mol. The molecule has 7 heteroatoms. The zero-order valence-electron chi connectivity index (χ0n) is 14.9. The highest BCUT2D eigenvalue weighted by Gasteiger charge is 2.12. The number of hydrogen-bond acceptors (Lipinski definition) is 7. The molecule has 0 aliphatic rings. The highest BCUT2D eigenvalue weighted by molar-refractivity contribution is 7.98. The van der Waals surface area contributed by atoms with Crippen molar-refractivity contribution >= 4 is 22.7 Å². The molecule has 0 amide bonds. The summed E-state index contributed by atoms with van der Waals surface area (Å²) in [5.41, 5.74) is 1.77. The number of hydrogen-bond donors (Lipinski definition) is 0. The summed E-state index contributed by atoms with van der Waals surface area (Å²) in [6.45, 7) is 0. The van der Waals surface area contributed by atoms with Gasteiger partial charge in [0.1, 0.15) is 0 Å². The van der Waals surface area contributed by atoms with Crippen LogP contribution in [0.4, 0.5) is 0 Å². The van der Waals surface area contributed by atoms with Crippen molar-refractivity contribution in [2.45, 2.75) is 10.8 Å². The van der Waals surface area contributed by atoms with Gasteiger partial charge in [0.05, 0.1) is 30.5 Å². The lowest BCUT2D eigenvalue weighted by Gasteiger charge is -2.07. The van der Waals surface area contributed by atoms with Gasteiger partial charge in [0.15, 0.2) is 11.5 Å². The van der Waals surface area contributed by atoms with Gasteiger partial charge in [-0.25, -0.2) is 4.98 Å². The van der Waals surface area contributed by atoms with Crippen molar-refractivity contribution in [1.29, 1.82) is 0 Å². The molecule has 0 N–H and O–H groups in total. The third kappa shape index (κ3) is 3.73. The summed E-state index contributed by atoms with van der Waals surface area (Å²) in [5.74, 6) is 2.88. The Hall–Kier alpha value is -3.06. The van der Waals surface area contributed by atoms with Gasteiger partial charge in [0, 0.05) is 10.9 Å². The number of methoxy groups -OCH3 is 2. The van der Waals surface area contributed by atoms with Crippen LogP contribution >= 0.6 is 11.8 Å². The van der Waals surface area contributed by atoms with E-state index in [0.717, 1.165) is 21.5 Å². The number of para-hydroxylation sites is 1. The van der Waals surface area contributed by atoms with Gasteiger partial charge in [-0.1, -0.05) is 41.2 Å². The molecular weight excluding hydrogens is 362 g/mol. The van der Waals surface area contributed by atoms with E-state index in [1.54, 1.807) is 26.0 Å². The zero-order chi connectivity index (χ0) is 18.6. The van der Waals surface area contributed by atoms with E-state index in [1.807, 2.05) is 48.5 Å². The van der Waals surface area contributed by atoms with Crippen LogP contribution in [0.3, 0.4) is 0 Å². The van der Waals surface area contributed by atoms with E-state index in [9.17, 15) is 0 Å². The molecule has 0 unspecified atom stereocenters. The van der Waals surface area contributed by atoms with Gasteiger partial charge in [0.25, 0.3) is 0 Å². The van der Waals surface area contributed by atoms with E-state index in [1.165, 1.54) is 0 Å². The minimum Gasteiger partial charge on any atom is -0.493 e. The van der Waals surface area contributed by atoms with Gasteiger partial charge in [-0.2, -0.15) is 4.98 Å². The lowest BCUT2D eigenvalue weighted by molar-refractivity contribution is 0.355. The summed E-state index contributed by atoms with van der Waals surface area (Å²) < 4.78 is 15.9. The van der Waals surface area contributed by atoms with Gasteiger partial charge in [-0.15, -0.1) is 0 Å². The minimum atomic E-state index is 0.512. The molecule has 0 radical (unpaired) electrons. The first-order valence-corrected chi connectivity index (χ1v) is 9.29. The van der Waals surface area contributed by atoms with Gasteiger partial charge in [-0.3, -0.25) is 0 Å². The Morgan fingerprint density at radius 3 is 2.63 bits per heavy atom. The number of rotatable bonds is 6. The Balaban J connectivity index is 1.49. The van der Waals surface area contributed by atoms with Gasteiger partial charge in [0.2, 0.25) is 11.7 Å². The molecule has 2 aromatic heterocycles. The maximum atomic E-state index is 5.38. The van der Waals surface area contributed by atoms with Crippen molar-refractivity contribution < 1.29 is 14.0 Å². The topological polar surface area (TPSA) is 70.3 Å². The standard InChI is InChI=1S/C20H17N3O3S/c1-24-16-9-7-14(11-17(16)25-2)20-22-18(26-23-20)12-27-19-10-8-13-5-3-4-6-15(13)21-19/h3-11H,12H2,1-2H3. The van der Waals surface area contributed by atoms with Gasteiger partial charge in [-0.05, 0) is 30.3 Å². The summed E-state index contributed by atoms with van der Waals surface area (Å²) >= 11 is 1.56. The summed E-state index contributed by atoms with van der Waals surface area (Å²) in [7, 11) is 3.19. The average molecular weight is 379 g/mol. The number of thioether (sulfide) groups is 1. The highest BCUT2D eigenvalue weighted by atomic mass is 32.2. The maximum Gasteiger partial charge on any atom is 0.237 e. The largest absolute Gasteiger partial charge is 0.493 e. The summed E-state index contributed by atoms with van der Waals surface area (Å²) in [5, 5.41) is 6.10. The lowest BCUT2D eigenvalue weighted by atomic mass is 10.2. The molecule has 0 saturated carbocycles. The van der Waals surface area contributed by atoms with E-state index < -0.39 is 0 Å². The molecule has 0 saturated heterocycles. The average Bonchev–Trinajstić information content (AvgIpc) is 3.20. The van der Waals surface area contributed by atoms with Crippen molar-refractivity contribution in [2.24, 2.45) is 0 Å². The Kier molecular flexibility index (Phi) is 4.93. The molecule has 27 heavy (non-hydrogen) atoms. The second-order valence-corrected chi connectivity index (χ2v) is 6.71. The van der Waals surface area contributed by atoms with Crippen molar-refractivity contribution in [1.82, 2.24) is 15.1 Å². The van der Waals surface area contributed by atoms with Crippen molar-refractivity contribution in [2.75, 3.05) is 14.2 Å². The second-order valence-electron chi connectivity index (χ2n) is 5.71. The SMILES string of the molecule is COc1ccc(-c2noc(CSc3ccc4ccccc4n3)n2)cc1OC. The maximum absolute atomic E-state index is 5.38. The molecule has 2 aromatic carbocycles. The number of ether oxygens (including phenoxy) is 2. The molecule has 136 valence electrons. The fourth-order valence-corrected chi connectivity index (χ4v) is 3.39. The van der Waals surface area contributed by atoms with Crippen LogP contribution in [-0.2, 0) is 5.75 Å². The van der Waals surface area contributed by atoms with Crippen LogP contribution in [0.1, 0.15) is 5.89 Å². The first-order valence-electron chi connectivity index (χ1n) is 8.30. The number of aromatic nitrogens is 3. The van der Waals surface area contributed by atoms with Crippen molar-refractivity contribution in [3.05, 3.63) is 60.5 Å². The number of pyridine rings is 1. The molecule has 0 bridgehead atoms. The lowest BCUT2D eigenvalue weighted by Crippen LogP contribution is -1.91. The van der Waals surface area contributed by atoms with Gasteiger partial charge < -0.3 is 14.0 Å². The molecule has 6 nitrogen and oxygen atoms in total. The van der Waals surface area contributed by atoms with Crippen LogP contribution < -0.4 is 9.47 Å². The quantitative estimate of drug-likeness (QED) is 0.454. The molecule has 2 heterocycles. The van der Waals surface area contributed by atoms with Crippen LogP contribution in [-0.4, -0.2) is 29.3 Å². The number of benzene rings is 2. The Morgan fingerprint density at radius 1 is 0.926 bits per heavy atom. The minimum absolute atomic E-state index is 0.512. The third-order valence-corrected chi connectivity index (χ3v) is 4.94. The monoisotopic (exact) mass is 379 g/mol. The van der Waals surface area contributed by atoms with Crippen molar-refractivity contribution in [3.8, 4) is 22.9 Å². The van der Waals surface area contributed by atoms with E-state index in [2.05, 4.69) is 21.2 Å². The first kappa shape index (κ1) is 17.4. The molecule has 4 aromatic rings. The summed E-state index contributed by atoms with van der Waals surface area (Å²) in [6.07, 6.45) is 0. The Morgan fingerprint density at radius 2 is 1.78 bits per heavy atom. The molecule has 0 fully saturated rings. The summed E-state index contributed by atoms with van der Waals surface area (Å²) in [4.78, 5) is 9.11. The molecule has 0 aliphatic heterocycles. The third-order valence-electron chi connectivity index (χ3n) is 4.03. The van der Waals surface area contributed by atoms with Crippen LogP contribution in [0.2, 0.25) is 0 Å². The Labute approximate surface area is 160 Å². The first-order chi connectivity index (χ1) is 13.3. The second kappa shape index (κ2) is 7.67. The molecular formula is C20H17N3O3S. The Bertz CT molecular complexity index is 1080. The zero-order valence-corrected chi connectivity index (χ0v) is 15.7. The molecule has 0 aliphatic carbocycles. The molecule has 4 rings (SSSR count). The van der Waals surface area contributed by atoms with Crippen LogP contribution in [0.5, 0.6) is 11.5 Å². The smallest absolute Gasteiger partial charge is 0.237 e. The van der Waals surface area contributed by atoms with E-state index in [0.29, 0.717) is 29.0 Å². The van der Waals surface area contributed by atoms with Crippen molar-refractivity contribution in [3.63, 3.8) is 0 Å². The van der Waals surface area contributed by atoms with E-state index in [4.69, 9.17) is 14.0 Å². The van der Waals surface area contributed by atoms with E-state index >= 15 is 0 Å². The summed E-state index contributed by atoms with van der Waals surface area (Å²) in [6, 6.07) is 17.6. The van der Waals surface area contributed by atoms with Crippen LogP contribution in [0.25, 0.3) is 22.3 Å². The number of fused-ring (bicyclic) bond motifs is 1. The van der Waals surface area contributed by atoms with Crippen LogP contribution in [0.15, 0.2) is 64.1 Å². The fourth-order valence-electron chi connectivity index (χ4n) is 2.67. The van der Waals surface area contributed by atoms with E-state index in [-0.39, 0.29) is 0 Å². The molecule has 0 spiro atoms. The molecule has 0 atom stereocenters. The number of nitrogens with zero attached hydrogens (tertiary/aromatic N) is 3. The van der Waals surface area contributed by atoms with Crippen LogP contribution in [0, 0.1) is 0 Å². The fraction of sp³-hybridized carbons (Fsp3) is 0.150. The normalized spacial score (nSPS) is 10.9. The highest BCUT2D eigenvalue weighted by Crippen LogP contribution is 2.31.